The summed E-state index contributed by atoms with van der Waals surface area (Å²) in [5, 5.41) is 3.26. The van der Waals surface area contributed by atoms with Crippen LogP contribution < -0.4 is 5.32 Å². The summed E-state index contributed by atoms with van der Waals surface area (Å²) in [7, 11) is 0. The third-order valence-electron chi connectivity index (χ3n) is 3.95. The monoisotopic (exact) mass is 208 g/mol. The molecule has 4 heteroatoms. The molecule has 2 bridgehead atoms. The van der Waals surface area contributed by atoms with Gasteiger partial charge in [0, 0.05) is 18.4 Å². The molecule has 1 saturated carbocycles. The molecule has 2 amide bonds. The number of hydrogen-bond acceptors (Lipinski definition) is 3. The maximum absolute atomic E-state index is 12.0. The predicted octanol–water partition coefficient (Wildman–Crippen LogP) is 0.133. The molecule has 82 valence electrons. The molecule has 4 rings (SSSR count). The zero-order chi connectivity index (χ0) is 10.4. The van der Waals surface area contributed by atoms with Gasteiger partial charge >= 0.3 is 0 Å². The van der Waals surface area contributed by atoms with Crippen molar-refractivity contribution in [2.45, 2.75) is 31.7 Å². The van der Waals surface area contributed by atoms with Crippen LogP contribution >= 0.6 is 0 Å². The molecule has 0 aromatic carbocycles. The first kappa shape index (κ1) is 9.33. The highest BCUT2D eigenvalue weighted by Crippen LogP contribution is 2.42. The molecule has 4 fully saturated rings. The van der Waals surface area contributed by atoms with E-state index in [0.717, 1.165) is 38.8 Å². The Morgan fingerprint density at radius 1 is 1.13 bits per heavy atom. The van der Waals surface area contributed by atoms with Crippen LogP contribution in [0.1, 0.15) is 25.7 Å². The molecule has 0 aromatic heterocycles. The number of nitrogens with zero attached hydrogens (tertiary/aromatic N) is 1. The smallest absolute Gasteiger partial charge is 0.232 e. The van der Waals surface area contributed by atoms with E-state index in [1.807, 2.05) is 0 Å². The quantitative estimate of drug-likeness (QED) is 0.623. The second-order valence-corrected chi connectivity index (χ2v) is 4.91. The van der Waals surface area contributed by atoms with Crippen molar-refractivity contribution in [1.82, 2.24) is 10.2 Å². The summed E-state index contributed by atoms with van der Waals surface area (Å²) in [5.74, 6) is 0.511. The van der Waals surface area contributed by atoms with Crippen LogP contribution in [-0.4, -0.2) is 35.8 Å². The lowest BCUT2D eigenvalue weighted by atomic mass is 9.69. The highest BCUT2D eigenvalue weighted by atomic mass is 16.2. The Kier molecular flexibility index (Phi) is 2.06. The number of hydrogen-bond donors (Lipinski definition) is 1. The molecule has 1 N–H and O–H groups in total. The van der Waals surface area contributed by atoms with Crippen LogP contribution in [0.2, 0.25) is 0 Å². The Morgan fingerprint density at radius 2 is 1.80 bits per heavy atom. The number of amides is 2. The molecule has 3 heterocycles. The van der Waals surface area contributed by atoms with E-state index in [0.29, 0.717) is 0 Å². The summed E-state index contributed by atoms with van der Waals surface area (Å²) in [6.07, 6.45) is 3.67. The molecule has 3 saturated heterocycles. The van der Waals surface area contributed by atoms with Gasteiger partial charge in [0.05, 0.1) is 6.04 Å². The number of imide groups is 1. The molecule has 1 aliphatic carbocycles. The number of fused-ring (bicyclic) bond motifs is 2. The molecule has 0 spiro atoms. The normalized spacial score (nSPS) is 40.3. The molecule has 1 unspecified atom stereocenters. The summed E-state index contributed by atoms with van der Waals surface area (Å²) in [6.45, 7) is 1.80. The van der Waals surface area contributed by atoms with E-state index in [9.17, 15) is 9.59 Å². The van der Waals surface area contributed by atoms with Gasteiger partial charge in [0.15, 0.2) is 0 Å². The van der Waals surface area contributed by atoms with E-state index in [4.69, 9.17) is 0 Å². The van der Waals surface area contributed by atoms with Crippen molar-refractivity contribution in [3.63, 3.8) is 0 Å². The fourth-order valence-corrected chi connectivity index (χ4v) is 2.94. The highest BCUT2D eigenvalue weighted by molar-refractivity contribution is 6.03. The number of carbonyl (C=O) groups excluding carboxylic acids is 2. The lowest BCUT2D eigenvalue weighted by Gasteiger charge is -2.47. The van der Waals surface area contributed by atoms with E-state index < -0.39 is 0 Å². The lowest BCUT2D eigenvalue weighted by molar-refractivity contribution is -0.168. The third-order valence-corrected chi connectivity index (χ3v) is 3.95. The SMILES string of the molecule is O=C1C2CC(C2)C(=O)N1C1CCCNC1. The van der Waals surface area contributed by atoms with E-state index in [1.54, 1.807) is 4.90 Å². The summed E-state index contributed by atoms with van der Waals surface area (Å²) >= 11 is 0. The number of nitrogens with one attached hydrogen (secondary N) is 1. The zero-order valence-corrected chi connectivity index (χ0v) is 8.74. The second kappa shape index (κ2) is 3.30. The Bertz CT molecular complexity index is 284. The maximum atomic E-state index is 12.0. The van der Waals surface area contributed by atoms with Gasteiger partial charge in [0.1, 0.15) is 0 Å². The van der Waals surface area contributed by atoms with Crippen molar-refractivity contribution < 1.29 is 9.59 Å². The average molecular weight is 208 g/mol. The van der Waals surface area contributed by atoms with Crippen LogP contribution in [-0.2, 0) is 9.59 Å². The van der Waals surface area contributed by atoms with Crippen LogP contribution in [0.15, 0.2) is 0 Å². The Hall–Kier alpha value is -0.900. The van der Waals surface area contributed by atoms with Gasteiger partial charge in [-0.25, -0.2) is 0 Å². The zero-order valence-electron chi connectivity index (χ0n) is 8.74. The molecule has 4 aliphatic rings. The van der Waals surface area contributed by atoms with Crippen molar-refractivity contribution in [2.24, 2.45) is 11.8 Å². The first-order chi connectivity index (χ1) is 7.27. The van der Waals surface area contributed by atoms with Crippen LogP contribution in [0, 0.1) is 11.8 Å². The fraction of sp³-hybridized carbons (Fsp3) is 0.818. The largest absolute Gasteiger partial charge is 0.315 e. The Labute approximate surface area is 89.0 Å². The van der Waals surface area contributed by atoms with Crippen LogP contribution in [0.4, 0.5) is 0 Å². The van der Waals surface area contributed by atoms with Crippen LogP contribution in [0.25, 0.3) is 0 Å². The highest BCUT2D eigenvalue weighted by Gasteiger charge is 2.51. The van der Waals surface area contributed by atoms with Gasteiger partial charge in [0.25, 0.3) is 0 Å². The molecule has 3 aliphatic heterocycles. The molecule has 15 heavy (non-hydrogen) atoms. The van der Waals surface area contributed by atoms with E-state index in [2.05, 4.69) is 5.32 Å². The summed E-state index contributed by atoms with van der Waals surface area (Å²) in [6, 6.07) is 0.129. The maximum Gasteiger partial charge on any atom is 0.232 e. The van der Waals surface area contributed by atoms with E-state index >= 15 is 0 Å². The van der Waals surface area contributed by atoms with Gasteiger partial charge in [-0.05, 0) is 32.2 Å². The molecular weight excluding hydrogens is 192 g/mol. The van der Waals surface area contributed by atoms with Crippen molar-refractivity contribution in [2.75, 3.05) is 13.1 Å². The van der Waals surface area contributed by atoms with Gasteiger partial charge in [-0.3, -0.25) is 14.5 Å². The third kappa shape index (κ3) is 1.31. The average Bonchev–Trinajstić information content (AvgIpc) is 2.16. The van der Waals surface area contributed by atoms with E-state index in [1.165, 1.54) is 0 Å². The second-order valence-electron chi connectivity index (χ2n) is 4.91. The Morgan fingerprint density at radius 3 is 2.33 bits per heavy atom. The molecule has 0 radical (unpaired) electrons. The summed E-state index contributed by atoms with van der Waals surface area (Å²) < 4.78 is 0. The molecular formula is C11H16N2O2. The molecule has 1 atom stereocenters. The van der Waals surface area contributed by atoms with Crippen molar-refractivity contribution in [3.05, 3.63) is 0 Å². The standard InChI is InChI=1S/C11H16N2O2/c14-10-7-4-8(5-7)11(15)13(10)9-2-1-3-12-6-9/h7-9,12H,1-6H2. The summed E-state index contributed by atoms with van der Waals surface area (Å²) in [4.78, 5) is 25.5. The van der Waals surface area contributed by atoms with E-state index in [-0.39, 0.29) is 29.7 Å². The van der Waals surface area contributed by atoms with Crippen molar-refractivity contribution in [3.8, 4) is 0 Å². The topological polar surface area (TPSA) is 49.4 Å². The van der Waals surface area contributed by atoms with Gasteiger partial charge in [-0.2, -0.15) is 0 Å². The first-order valence-corrected chi connectivity index (χ1v) is 5.85. The number of rotatable bonds is 1. The van der Waals surface area contributed by atoms with Gasteiger partial charge in [-0.15, -0.1) is 0 Å². The molecule has 4 nitrogen and oxygen atoms in total. The van der Waals surface area contributed by atoms with Crippen LogP contribution in [0.5, 0.6) is 0 Å². The lowest BCUT2D eigenvalue weighted by Crippen LogP contribution is -2.62. The predicted molar refractivity (Wildman–Crippen MR) is 54.0 cm³/mol. The van der Waals surface area contributed by atoms with Gasteiger partial charge < -0.3 is 5.32 Å². The minimum atomic E-state index is 0.0937. The fourth-order valence-electron chi connectivity index (χ4n) is 2.94. The molecule has 0 aromatic rings. The van der Waals surface area contributed by atoms with Crippen molar-refractivity contribution >= 4 is 11.8 Å². The van der Waals surface area contributed by atoms with Gasteiger partial charge in [-0.1, -0.05) is 0 Å². The number of piperidine rings is 3. The Balaban J connectivity index is 1.78. The number of carbonyl (C=O) groups is 2. The minimum Gasteiger partial charge on any atom is -0.315 e. The minimum absolute atomic E-state index is 0.0937. The first-order valence-electron chi connectivity index (χ1n) is 5.85. The summed E-state index contributed by atoms with van der Waals surface area (Å²) in [5.41, 5.74) is 0. The van der Waals surface area contributed by atoms with Crippen molar-refractivity contribution in [1.29, 1.82) is 0 Å². The van der Waals surface area contributed by atoms with Gasteiger partial charge in [0.2, 0.25) is 11.8 Å². The van der Waals surface area contributed by atoms with Crippen LogP contribution in [0.3, 0.4) is 0 Å².